The first-order valence-electron chi connectivity index (χ1n) is 8.26. The molecule has 6 nitrogen and oxygen atoms in total. The fraction of sp³-hybridized carbons (Fsp3) is 0.316. The van der Waals surface area contributed by atoms with E-state index in [1.165, 1.54) is 18.2 Å². The quantitative estimate of drug-likeness (QED) is 0.213. The highest BCUT2D eigenvalue weighted by Crippen LogP contribution is 2.23. The third-order valence-corrected chi connectivity index (χ3v) is 4.16. The smallest absolute Gasteiger partial charge is 0.274 e. The normalized spacial score (nSPS) is 11.5. The molecular formula is C19H24FIN4O2. The van der Waals surface area contributed by atoms with E-state index in [0.717, 1.165) is 5.56 Å². The average molecular weight is 486 g/mol. The zero-order valence-corrected chi connectivity index (χ0v) is 17.9. The van der Waals surface area contributed by atoms with Crippen molar-refractivity contribution < 1.29 is 9.31 Å². The van der Waals surface area contributed by atoms with Crippen molar-refractivity contribution in [1.29, 1.82) is 0 Å². The molecule has 0 aliphatic rings. The predicted octanol–water partition coefficient (Wildman–Crippen LogP) is 3.99. The lowest BCUT2D eigenvalue weighted by atomic mass is 9.84. The van der Waals surface area contributed by atoms with E-state index in [0.29, 0.717) is 18.1 Å². The van der Waals surface area contributed by atoms with Gasteiger partial charge in [-0.2, -0.15) is 0 Å². The first-order chi connectivity index (χ1) is 12.3. The maximum atomic E-state index is 13.5. The molecule has 0 atom stereocenters. The van der Waals surface area contributed by atoms with Crippen LogP contribution in [0.2, 0.25) is 0 Å². The van der Waals surface area contributed by atoms with Crippen LogP contribution in [0.4, 0.5) is 10.1 Å². The van der Waals surface area contributed by atoms with Crippen molar-refractivity contribution in [3.05, 3.63) is 75.6 Å². The molecule has 0 unspecified atom stereocenters. The minimum absolute atomic E-state index is 0. The van der Waals surface area contributed by atoms with Gasteiger partial charge in [-0.05, 0) is 17.7 Å². The topological polar surface area (TPSA) is 79.6 Å². The molecule has 0 spiro atoms. The Hall–Kier alpha value is -2.23. The number of nitrogens with zero attached hydrogens (tertiary/aromatic N) is 2. The van der Waals surface area contributed by atoms with Gasteiger partial charge in [-0.15, -0.1) is 24.0 Å². The number of rotatable bonds is 6. The van der Waals surface area contributed by atoms with Gasteiger partial charge >= 0.3 is 0 Å². The van der Waals surface area contributed by atoms with Gasteiger partial charge in [0.15, 0.2) is 5.96 Å². The van der Waals surface area contributed by atoms with Crippen molar-refractivity contribution in [3.63, 3.8) is 0 Å². The molecular weight excluding hydrogens is 462 g/mol. The molecule has 0 aliphatic carbocycles. The summed E-state index contributed by atoms with van der Waals surface area (Å²) < 4.78 is 13.5. The molecule has 0 saturated heterocycles. The van der Waals surface area contributed by atoms with Crippen LogP contribution in [0.3, 0.4) is 0 Å². The number of hydrogen-bond acceptors (Lipinski definition) is 3. The number of nitro benzene ring substituents is 1. The molecule has 2 rings (SSSR count). The van der Waals surface area contributed by atoms with E-state index in [1.54, 1.807) is 31.3 Å². The van der Waals surface area contributed by atoms with E-state index >= 15 is 0 Å². The van der Waals surface area contributed by atoms with Crippen LogP contribution < -0.4 is 10.6 Å². The van der Waals surface area contributed by atoms with E-state index in [1.807, 2.05) is 19.9 Å². The van der Waals surface area contributed by atoms with Crippen molar-refractivity contribution in [2.45, 2.75) is 25.8 Å². The number of guanidine groups is 1. The number of nitro groups is 1. The zero-order valence-electron chi connectivity index (χ0n) is 15.5. The number of benzene rings is 2. The largest absolute Gasteiger partial charge is 0.356 e. The lowest BCUT2D eigenvalue weighted by Crippen LogP contribution is -2.43. The average Bonchev–Trinajstić information content (AvgIpc) is 2.62. The van der Waals surface area contributed by atoms with Crippen LogP contribution in [-0.2, 0) is 12.0 Å². The monoisotopic (exact) mass is 486 g/mol. The van der Waals surface area contributed by atoms with Gasteiger partial charge in [0.25, 0.3) is 5.69 Å². The minimum atomic E-state index is -0.403. The number of halogens is 2. The summed E-state index contributed by atoms with van der Waals surface area (Å²) in [6.07, 6.45) is 0. The summed E-state index contributed by atoms with van der Waals surface area (Å²) in [4.78, 5) is 14.8. The summed E-state index contributed by atoms with van der Waals surface area (Å²) in [5.41, 5.74) is 1.19. The number of aliphatic imine (C=N–C) groups is 1. The highest BCUT2D eigenvalue weighted by atomic mass is 127. The Labute approximate surface area is 175 Å². The maximum Gasteiger partial charge on any atom is 0.274 e. The van der Waals surface area contributed by atoms with Crippen LogP contribution in [0.1, 0.15) is 25.0 Å². The van der Waals surface area contributed by atoms with Crippen molar-refractivity contribution in [2.24, 2.45) is 4.99 Å². The molecule has 27 heavy (non-hydrogen) atoms. The highest BCUT2D eigenvalue weighted by molar-refractivity contribution is 14.0. The second-order valence-corrected chi connectivity index (χ2v) is 6.56. The first-order valence-corrected chi connectivity index (χ1v) is 8.26. The summed E-state index contributed by atoms with van der Waals surface area (Å²) in [5.74, 6) is 0.252. The first kappa shape index (κ1) is 22.8. The number of hydrogen-bond donors (Lipinski definition) is 2. The fourth-order valence-corrected chi connectivity index (χ4v) is 2.55. The third-order valence-electron chi connectivity index (χ3n) is 4.16. The van der Waals surface area contributed by atoms with E-state index < -0.39 is 4.92 Å². The summed E-state index contributed by atoms with van der Waals surface area (Å²) in [6, 6.07) is 13.1. The van der Waals surface area contributed by atoms with Crippen molar-refractivity contribution in [3.8, 4) is 0 Å². The Kier molecular flexibility index (Phi) is 8.61. The van der Waals surface area contributed by atoms with Crippen LogP contribution in [-0.4, -0.2) is 24.5 Å². The van der Waals surface area contributed by atoms with E-state index in [2.05, 4.69) is 15.6 Å². The van der Waals surface area contributed by atoms with Crippen LogP contribution in [0.15, 0.2) is 53.5 Å². The Balaban J connectivity index is 0.00000364. The molecule has 0 aliphatic heterocycles. The number of para-hydroxylation sites is 1. The molecule has 0 saturated carbocycles. The molecule has 0 amide bonds. The molecule has 2 aromatic carbocycles. The fourth-order valence-electron chi connectivity index (χ4n) is 2.55. The number of nitrogens with one attached hydrogen (secondary N) is 2. The third kappa shape index (κ3) is 6.46. The molecule has 0 fully saturated rings. The predicted molar refractivity (Wildman–Crippen MR) is 116 cm³/mol. The maximum absolute atomic E-state index is 13.5. The standard InChI is InChI=1S/C19H23FN4O2.HI/c1-19(2,15-8-6-9-16(20)11-15)13-23-18(21-3)22-12-14-7-4-5-10-17(14)24(25)26;/h4-11H,12-13H2,1-3H3,(H2,21,22,23);1H. The Bertz CT molecular complexity index is 812. The zero-order chi connectivity index (χ0) is 19.2. The summed E-state index contributed by atoms with van der Waals surface area (Å²) in [5, 5.41) is 17.3. The van der Waals surface area contributed by atoms with Crippen LogP contribution in [0.25, 0.3) is 0 Å². The Morgan fingerprint density at radius 3 is 2.52 bits per heavy atom. The lowest BCUT2D eigenvalue weighted by Gasteiger charge is -2.26. The second kappa shape index (κ2) is 10.2. The molecule has 0 heterocycles. The summed E-state index contributed by atoms with van der Waals surface area (Å²) in [7, 11) is 1.63. The Morgan fingerprint density at radius 1 is 1.19 bits per heavy atom. The minimum Gasteiger partial charge on any atom is -0.356 e. The van der Waals surface area contributed by atoms with Gasteiger partial charge in [-0.25, -0.2) is 4.39 Å². The van der Waals surface area contributed by atoms with Crippen LogP contribution >= 0.6 is 24.0 Å². The van der Waals surface area contributed by atoms with Gasteiger partial charge in [0.2, 0.25) is 0 Å². The van der Waals surface area contributed by atoms with Gasteiger partial charge in [-0.1, -0.05) is 44.2 Å². The van der Waals surface area contributed by atoms with Gasteiger partial charge in [-0.3, -0.25) is 15.1 Å². The molecule has 8 heteroatoms. The molecule has 0 aromatic heterocycles. The highest BCUT2D eigenvalue weighted by Gasteiger charge is 2.21. The molecule has 0 radical (unpaired) electrons. The van der Waals surface area contributed by atoms with E-state index in [-0.39, 0.29) is 47.4 Å². The van der Waals surface area contributed by atoms with E-state index in [9.17, 15) is 14.5 Å². The molecule has 146 valence electrons. The van der Waals surface area contributed by atoms with Gasteiger partial charge in [0.1, 0.15) is 5.82 Å². The van der Waals surface area contributed by atoms with Crippen molar-refractivity contribution in [2.75, 3.05) is 13.6 Å². The van der Waals surface area contributed by atoms with Crippen LogP contribution in [0, 0.1) is 15.9 Å². The molecule has 2 N–H and O–H groups in total. The van der Waals surface area contributed by atoms with Crippen molar-refractivity contribution >= 4 is 35.6 Å². The van der Waals surface area contributed by atoms with Gasteiger partial charge < -0.3 is 10.6 Å². The van der Waals surface area contributed by atoms with Gasteiger partial charge in [0.05, 0.1) is 4.92 Å². The lowest BCUT2D eigenvalue weighted by molar-refractivity contribution is -0.385. The molecule has 0 bridgehead atoms. The molecule has 2 aromatic rings. The van der Waals surface area contributed by atoms with E-state index in [4.69, 9.17) is 0 Å². The second-order valence-electron chi connectivity index (χ2n) is 6.56. The SMILES string of the molecule is CN=C(NCc1ccccc1[N+](=O)[O-])NCC(C)(C)c1cccc(F)c1.I. The van der Waals surface area contributed by atoms with Crippen LogP contribution in [0.5, 0.6) is 0 Å². The summed E-state index contributed by atoms with van der Waals surface area (Å²) >= 11 is 0. The van der Waals surface area contributed by atoms with Crippen molar-refractivity contribution in [1.82, 2.24) is 10.6 Å². The Morgan fingerprint density at radius 2 is 1.89 bits per heavy atom. The van der Waals surface area contributed by atoms with Gasteiger partial charge in [0, 0.05) is 37.2 Å². The summed E-state index contributed by atoms with van der Waals surface area (Å²) in [6.45, 7) is 4.80.